The Morgan fingerprint density at radius 2 is 1.00 bits per heavy atom. The van der Waals surface area contributed by atoms with Crippen molar-refractivity contribution < 1.29 is 21.4 Å². The van der Waals surface area contributed by atoms with Crippen LogP contribution in [0.3, 0.4) is 0 Å². The van der Waals surface area contributed by atoms with Gasteiger partial charge in [0.25, 0.3) is 10.1 Å². The van der Waals surface area contributed by atoms with Crippen LogP contribution in [-0.2, 0) is 20.1 Å². The number of hydrogen-bond acceptors (Lipinski definition) is 4. The number of unbranched alkanes of at least 4 members (excludes halogenated alkanes) is 13. The van der Waals surface area contributed by atoms with Crippen molar-refractivity contribution in [2.45, 2.75) is 107 Å². The molecule has 0 fully saturated rings. The second-order valence-corrected chi connectivity index (χ2v) is 11.1. The average molecular weight is 462 g/mol. The normalized spacial score (nSPS) is 12.3. The van der Waals surface area contributed by atoms with Crippen LogP contribution in [-0.4, -0.2) is 27.9 Å². The highest BCUT2D eigenvalue weighted by Gasteiger charge is 2.15. The van der Waals surface area contributed by atoms with Crippen LogP contribution in [0.5, 0.6) is 0 Å². The van der Waals surface area contributed by atoms with Crippen LogP contribution in [0.4, 0.5) is 0 Å². The monoisotopic (exact) mass is 461 g/mol. The molecule has 1 aromatic carbocycles. The van der Waals surface area contributed by atoms with Gasteiger partial charge in [-0.2, -0.15) is 8.42 Å². The van der Waals surface area contributed by atoms with Crippen molar-refractivity contribution in [1.82, 2.24) is 4.72 Å². The maximum absolute atomic E-state index is 12.2. The van der Waals surface area contributed by atoms with Gasteiger partial charge in [-0.25, -0.2) is 13.1 Å². The topological polar surface area (TPSA) is 101 Å². The first-order valence-corrected chi connectivity index (χ1v) is 14.3. The summed E-state index contributed by atoms with van der Waals surface area (Å²) in [6.07, 6.45) is 17.5. The summed E-state index contributed by atoms with van der Waals surface area (Å²) < 4.78 is 57.9. The number of rotatable bonds is 18. The maximum atomic E-state index is 12.2. The Labute approximate surface area is 183 Å². The third-order valence-corrected chi connectivity index (χ3v) is 7.60. The molecule has 0 aliphatic carbocycles. The van der Waals surface area contributed by atoms with Crippen molar-refractivity contribution in [2.24, 2.45) is 0 Å². The van der Waals surface area contributed by atoms with Crippen molar-refractivity contribution >= 4 is 20.1 Å². The molecule has 0 radical (unpaired) electrons. The smallest absolute Gasteiger partial charge is 0.282 e. The number of benzene rings is 1. The van der Waals surface area contributed by atoms with Crippen molar-refractivity contribution in [3.8, 4) is 0 Å². The number of sulfonamides is 1. The van der Waals surface area contributed by atoms with Gasteiger partial charge in [0.1, 0.15) is 0 Å². The molecule has 0 bridgehead atoms. The van der Waals surface area contributed by atoms with Crippen LogP contribution in [0, 0.1) is 0 Å². The third kappa shape index (κ3) is 12.0. The van der Waals surface area contributed by atoms with E-state index in [4.69, 9.17) is 4.55 Å². The second kappa shape index (κ2) is 14.9. The molecule has 0 aliphatic heterocycles. The Morgan fingerprint density at radius 3 is 1.40 bits per heavy atom. The molecule has 30 heavy (non-hydrogen) atoms. The Bertz CT molecular complexity index is 774. The molecule has 0 aliphatic rings. The van der Waals surface area contributed by atoms with Crippen molar-refractivity contribution in [1.29, 1.82) is 0 Å². The predicted octanol–water partition coefficient (Wildman–Crippen LogP) is 5.69. The lowest BCUT2D eigenvalue weighted by Crippen LogP contribution is -2.24. The fourth-order valence-corrected chi connectivity index (χ4v) is 4.95. The predicted molar refractivity (Wildman–Crippen MR) is 122 cm³/mol. The van der Waals surface area contributed by atoms with Gasteiger partial charge in [-0.05, 0) is 30.7 Å². The van der Waals surface area contributed by atoms with Gasteiger partial charge in [0.15, 0.2) is 0 Å². The fraction of sp³-hybridized carbons (Fsp3) is 0.727. The lowest BCUT2D eigenvalue weighted by atomic mass is 10.0. The van der Waals surface area contributed by atoms with Crippen LogP contribution < -0.4 is 4.72 Å². The third-order valence-electron chi connectivity index (χ3n) is 5.25. The fourth-order valence-electron chi connectivity index (χ4n) is 3.40. The summed E-state index contributed by atoms with van der Waals surface area (Å²) in [6.45, 7) is 2.61. The second-order valence-electron chi connectivity index (χ2n) is 7.94. The van der Waals surface area contributed by atoms with Crippen molar-refractivity contribution in [2.75, 3.05) is 6.54 Å². The Kier molecular flexibility index (Phi) is 13.5. The molecule has 0 aromatic heterocycles. The number of nitrogens with one attached hydrogen (secondary N) is 1. The summed E-state index contributed by atoms with van der Waals surface area (Å²) in [4.78, 5) is -0.339. The van der Waals surface area contributed by atoms with Gasteiger partial charge in [0.05, 0.1) is 9.79 Å². The first-order chi connectivity index (χ1) is 14.3. The zero-order chi connectivity index (χ0) is 22.3. The van der Waals surface area contributed by atoms with E-state index < -0.39 is 20.1 Å². The molecule has 0 saturated heterocycles. The molecule has 0 saturated carbocycles. The zero-order valence-corrected chi connectivity index (χ0v) is 19.9. The van der Waals surface area contributed by atoms with Gasteiger partial charge in [0.2, 0.25) is 10.0 Å². The molecular formula is C22H39NO5S2. The Morgan fingerprint density at radius 1 is 0.633 bits per heavy atom. The first kappa shape index (κ1) is 27.1. The minimum Gasteiger partial charge on any atom is -0.282 e. The highest BCUT2D eigenvalue weighted by molar-refractivity contribution is 7.89. The quantitative estimate of drug-likeness (QED) is 0.216. The van der Waals surface area contributed by atoms with E-state index in [1.54, 1.807) is 0 Å². The largest absolute Gasteiger partial charge is 0.294 e. The van der Waals surface area contributed by atoms with Crippen LogP contribution in [0.25, 0.3) is 0 Å². The van der Waals surface area contributed by atoms with Crippen molar-refractivity contribution in [3.63, 3.8) is 0 Å². The van der Waals surface area contributed by atoms with E-state index in [1.807, 2.05) is 0 Å². The summed E-state index contributed by atoms with van der Waals surface area (Å²) in [5.41, 5.74) is 0. The van der Waals surface area contributed by atoms with E-state index in [2.05, 4.69) is 11.6 Å². The molecule has 2 N–H and O–H groups in total. The SMILES string of the molecule is CCCCCCCCCCCCCCCCNS(=O)(=O)c1ccc(S(=O)(=O)O)cc1. The van der Waals surface area contributed by atoms with Crippen LogP contribution in [0.1, 0.15) is 96.8 Å². The summed E-state index contributed by atoms with van der Waals surface area (Å²) >= 11 is 0. The van der Waals surface area contributed by atoms with Crippen LogP contribution in [0.2, 0.25) is 0 Å². The van der Waals surface area contributed by atoms with Crippen LogP contribution in [0.15, 0.2) is 34.1 Å². The molecule has 0 unspecified atom stereocenters. The molecule has 0 spiro atoms. The van der Waals surface area contributed by atoms with Gasteiger partial charge >= 0.3 is 0 Å². The average Bonchev–Trinajstić information content (AvgIpc) is 2.70. The van der Waals surface area contributed by atoms with Gasteiger partial charge < -0.3 is 0 Å². The van der Waals surface area contributed by atoms with E-state index in [0.717, 1.165) is 31.4 Å². The van der Waals surface area contributed by atoms with Crippen LogP contribution >= 0.6 is 0 Å². The minimum atomic E-state index is -4.32. The molecule has 1 rings (SSSR count). The van der Waals surface area contributed by atoms with E-state index in [1.165, 1.54) is 82.8 Å². The number of hydrogen-bond donors (Lipinski definition) is 2. The van der Waals surface area contributed by atoms with Crippen molar-refractivity contribution in [3.05, 3.63) is 24.3 Å². The first-order valence-electron chi connectivity index (χ1n) is 11.3. The standard InChI is InChI=1S/C22H39NO5S2/c1-2-3-4-5-6-7-8-9-10-11-12-13-14-15-20-23-29(24,25)21-16-18-22(19-17-21)30(26,27)28/h16-19,23H,2-15,20H2,1H3,(H,26,27,28). The van der Waals surface area contributed by atoms with E-state index in [0.29, 0.717) is 6.54 Å². The molecule has 6 nitrogen and oxygen atoms in total. The molecule has 1 aromatic rings. The molecular weight excluding hydrogens is 422 g/mol. The Hall–Kier alpha value is -0.960. The van der Waals surface area contributed by atoms with E-state index in [-0.39, 0.29) is 9.79 Å². The molecule has 0 heterocycles. The zero-order valence-electron chi connectivity index (χ0n) is 18.3. The van der Waals surface area contributed by atoms with Gasteiger partial charge in [0, 0.05) is 6.54 Å². The van der Waals surface area contributed by atoms with Gasteiger partial charge in [-0.3, -0.25) is 4.55 Å². The molecule has 174 valence electrons. The van der Waals surface area contributed by atoms with E-state index in [9.17, 15) is 16.8 Å². The summed E-state index contributed by atoms with van der Waals surface area (Å²) in [6, 6.07) is 4.51. The lowest BCUT2D eigenvalue weighted by Gasteiger charge is -2.07. The Balaban J connectivity index is 2.04. The summed E-state index contributed by atoms with van der Waals surface area (Å²) in [5, 5.41) is 0. The molecule has 0 atom stereocenters. The highest BCUT2D eigenvalue weighted by atomic mass is 32.2. The summed E-state index contributed by atoms with van der Waals surface area (Å²) in [7, 11) is -7.99. The van der Waals surface area contributed by atoms with Gasteiger partial charge in [-0.15, -0.1) is 0 Å². The maximum Gasteiger partial charge on any atom is 0.294 e. The van der Waals surface area contributed by atoms with Gasteiger partial charge in [-0.1, -0.05) is 90.4 Å². The van der Waals surface area contributed by atoms with E-state index >= 15 is 0 Å². The molecule has 0 amide bonds. The minimum absolute atomic E-state index is 0.0136. The highest BCUT2D eigenvalue weighted by Crippen LogP contribution is 2.15. The summed E-state index contributed by atoms with van der Waals surface area (Å²) in [5.74, 6) is 0. The lowest BCUT2D eigenvalue weighted by molar-refractivity contribution is 0.483. The molecule has 8 heteroatoms.